The lowest BCUT2D eigenvalue weighted by atomic mass is 10.1. The van der Waals surface area contributed by atoms with E-state index in [2.05, 4.69) is 53.7 Å². The van der Waals surface area contributed by atoms with Gasteiger partial charge in [-0.2, -0.15) is 0 Å². The number of hydrogen-bond acceptors (Lipinski definition) is 6. The summed E-state index contributed by atoms with van der Waals surface area (Å²) < 4.78 is 0. The maximum atomic E-state index is 13.5. The predicted octanol–water partition coefficient (Wildman–Crippen LogP) is 11.3. The van der Waals surface area contributed by atoms with Crippen LogP contribution < -0.4 is 22.1 Å². The molecule has 0 aromatic heterocycles. The first kappa shape index (κ1) is 57.8. The molecule has 0 heterocycles. The molecule has 3 amide bonds. The summed E-state index contributed by atoms with van der Waals surface area (Å²) in [6.07, 6.45) is 47.2. The fourth-order valence-electron chi connectivity index (χ4n) is 7.59. The molecular weight excluding hydrogens is 745 g/mol. The molecular formula is C51H100N6O3. The zero-order valence-electron chi connectivity index (χ0n) is 39.8. The number of unbranched alkanes of at least 4 members (excludes halogenated alkanes) is 23. The van der Waals surface area contributed by atoms with Crippen molar-refractivity contribution in [1.82, 2.24) is 20.4 Å². The van der Waals surface area contributed by atoms with E-state index in [1.165, 1.54) is 141 Å². The fraction of sp³-hybridized carbons (Fsp3) is 0.863. The highest BCUT2D eigenvalue weighted by Gasteiger charge is 2.17. The zero-order chi connectivity index (χ0) is 43.8. The molecule has 0 aliphatic carbocycles. The van der Waals surface area contributed by atoms with Crippen molar-refractivity contribution in [2.45, 2.75) is 226 Å². The molecule has 0 atom stereocenters. The maximum absolute atomic E-state index is 13.5. The first-order valence-electron chi connectivity index (χ1n) is 25.7. The van der Waals surface area contributed by atoms with Crippen molar-refractivity contribution < 1.29 is 14.4 Å². The van der Waals surface area contributed by atoms with E-state index in [1.807, 2.05) is 4.90 Å². The van der Waals surface area contributed by atoms with Gasteiger partial charge < -0.3 is 27.0 Å². The lowest BCUT2D eigenvalue weighted by molar-refractivity contribution is -0.132. The van der Waals surface area contributed by atoms with Crippen LogP contribution in [0.25, 0.3) is 0 Å². The minimum Gasteiger partial charge on any atom is -0.356 e. The highest BCUT2D eigenvalue weighted by molar-refractivity contribution is 5.78. The van der Waals surface area contributed by atoms with Gasteiger partial charge in [-0.25, -0.2) is 0 Å². The van der Waals surface area contributed by atoms with Crippen LogP contribution in [0.4, 0.5) is 0 Å². The second-order valence-corrected chi connectivity index (χ2v) is 17.4. The van der Waals surface area contributed by atoms with Gasteiger partial charge in [0, 0.05) is 39.0 Å². The standard InChI is InChI=1S/C51H100N6O3/c1-3-5-7-9-11-13-15-17-19-21-23-25-27-29-31-38-49(58)54-42-33-34-46-57(51(60)48-56(44-35-40-52)45-36-41-53)47-37-43-55-50(59)39-32-30-28-26-24-22-20-18-16-14-12-10-8-6-4-2/h17-20H,3-16,21-48,52-53H2,1-2H3,(H,54,58)(H,55,59). The molecule has 0 aromatic rings. The Morgan fingerprint density at radius 2 is 0.783 bits per heavy atom. The summed E-state index contributed by atoms with van der Waals surface area (Å²) in [5.41, 5.74) is 11.6. The number of nitrogens with zero attached hydrogens (tertiary/aromatic N) is 2. The second-order valence-electron chi connectivity index (χ2n) is 17.4. The summed E-state index contributed by atoms with van der Waals surface area (Å²) in [6, 6.07) is 0. The van der Waals surface area contributed by atoms with Crippen molar-refractivity contribution in [1.29, 1.82) is 0 Å². The van der Waals surface area contributed by atoms with Crippen LogP contribution in [0.5, 0.6) is 0 Å². The Morgan fingerprint density at radius 1 is 0.417 bits per heavy atom. The molecule has 0 aromatic carbocycles. The van der Waals surface area contributed by atoms with Gasteiger partial charge in [0.25, 0.3) is 0 Å². The van der Waals surface area contributed by atoms with Crippen LogP contribution in [0.1, 0.15) is 226 Å². The Balaban J connectivity index is 4.30. The van der Waals surface area contributed by atoms with Crippen molar-refractivity contribution in [2.75, 3.05) is 58.9 Å². The van der Waals surface area contributed by atoms with Crippen molar-refractivity contribution in [3.8, 4) is 0 Å². The van der Waals surface area contributed by atoms with E-state index in [4.69, 9.17) is 11.5 Å². The van der Waals surface area contributed by atoms with Gasteiger partial charge in [-0.05, 0) is 122 Å². The number of carbonyl (C=O) groups excluding carboxylic acids is 3. The van der Waals surface area contributed by atoms with Crippen molar-refractivity contribution in [3.63, 3.8) is 0 Å². The first-order valence-corrected chi connectivity index (χ1v) is 25.7. The van der Waals surface area contributed by atoms with Gasteiger partial charge in [-0.3, -0.25) is 19.3 Å². The predicted molar refractivity (Wildman–Crippen MR) is 259 cm³/mol. The van der Waals surface area contributed by atoms with Crippen LogP contribution in [-0.2, 0) is 14.4 Å². The molecule has 9 heteroatoms. The monoisotopic (exact) mass is 845 g/mol. The average molecular weight is 845 g/mol. The van der Waals surface area contributed by atoms with Crippen LogP contribution in [-0.4, -0.2) is 86.4 Å². The minimum atomic E-state index is 0.108. The fourth-order valence-corrected chi connectivity index (χ4v) is 7.59. The number of nitrogens with one attached hydrogen (secondary N) is 2. The maximum Gasteiger partial charge on any atom is 0.236 e. The third-order valence-corrected chi connectivity index (χ3v) is 11.5. The van der Waals surface area contributed by atoms with Crippen molar-refractivity contribution in [3.05, 3.63) is 24.3 Å². The SMILES string of the molecule is CCCCCCCCC=CCCCCCCCC(=O)NCCCCN(CCCNC(=O)CCCCCCCC=CCCCCCCCC)C(=O)CN(CCCN)CCCN. The molecule has 0 fully saturated rings. The summed E-state index contributed by atoms with van der Waals surface area (Å²) in [7, 11) is 0. The molecule has 0 bridgehead atoms. The number of allylic oxidation sites excluding steroid dienone is 4. The van der Waals surface area contributed by atoms with E-state index >= 15 is 0 Å². The van der Waals surface area contributed by atoms with Gasteiger partial charge in [0.1, 0.15) is 0 Å². The molecule has 60 heavy (non-hydrogen) atoms. The van der Waals surface area contributed by atoms with Crippen LogP contribution in [0.15, 0.2) is 24.3 Å². The lowest BCUT2D eigenvalue weighted by Gasteiger charge is -2.28. The first-order chi connectivity index (χ1) is 29.5. The van der Waals surface area contributed by atoms with Crippen LogP contribution in [0, 0.1) is 0 Å². The molecule has 0 aliphatic heterocycles. The van der Waals surface area contributed by atoms with E-state index < -0.39 is 0 Å². The Hall–Kier alpha value is -2.23. The Kier molecular flexibility index (Phi) is 46.0. The van der Waals surface area contributed by atoms with E-state index in [0.717, 1.165) is 70.9 Å². The van der Waals surface area contributed by atoms with Gasteiger partial charge >= 0.3 is 0 Å². The van der Waals surface area contributed by atoms with Crippen LogP contribution in [0.2, 0.25) is 0 Å². The second kappa shape index (κ2) is 47.8. The summed E-state index contributed by atoms with van der Waals surface area (Å²) in [5, 5.41) is 6.18. The molecule has 6 N–H and O–H groups in total. The van der Waals surface area contributed by atoms with Gasteiger partial charge in [-0.1, -0.05) is 141 Å². The van der Waals surface area contributed by atoms with Gasteiger partial charge in [-0.15, -0.1) is 0 Å². The van der Waals surface area contributed by atoms with Crippen molar-refractivity contribution in [2.24, 2.45) is 11.5 Å². The highest BCUT2D eigenvalue weighted by Crippen LogP contribution is 2.12. The molecule has 352 valence electrons. The number of carbonyl (C=O) groups is 3. The molecule has 0 radical (unpaired) electrons. The van der Waals surface area contributed by atoms with E-state index in [9.17, 15) is 14.4 Å². The third kappa shape index (κ3) is 42.5. The van der Waals surface area contributed by atoms with E-state index in [-0.39, 0.29) is 17.7 Å². The molecule has 0 saturated carbocycles. The van der Waals surface area contributed by atoms with Crippen LogP contribution >= 0.6 is 0 Å². The van der Waals surface area contributed by atoms with Gasteiger partial charge in [0.2, 0.25) is 17.7 Å². The topological polar surface area (TPSA) is 134 Å². The quantitative estimate of drug-likeness (QED) is 0.0356. The Labute approximate surface area is 371 Å². The molecule has 0 aliphatic rings. The Morgan fingerprint density at radius 3 is 1.20 bits per heavy atom. The Bertz CT molecular complexity index is 997. The summed E-state index contributed by atoms with van der Waals surface area (Å²) >= 11 is 0. The minimum absolute atomic E-state index is 0.108. The summed E-state index contributed by atoms with van der Waals surface area (Å²) in [5.74, 6) is 0.350. The molecule has 0 spiro atoms. The number of amides is 3. The molecule has 0 saturated heterocycles. The number of nitrogens with two attached hydrogens (primary N) is 2. The lowest BCUT2D eigenvalue weighted by Crippen LogP contribution is -2.43. The smallest absolute Gasteiger partial charge is 0.236 e. The summed E-state index contributed by atoms with van der Waals surface area (Å²) in [4.78, 5) is 42.6. The largest absolute Gasteiger partial charge is 0.356 e. The van der Waals surface area contributed by atoms with E-state index in [0.29, 0.717) is 58.7 Å². The van der Waals surface area contributed by atoms with Gasteiger partial charge in [0.15, 0.2) is 0 Å². The van der Waals surface area contributed by atoms with Crippen molar-refractivity contribution >= 4 is 17.7 Å². The molecule has 0 rings (SSSR count). The molecule has 9 nitrogen and oxygen atoms in total. The average Bonchev–Trinajstić information content (AvgIpc) is 3.25. The highest BCUT2D eigenvalue weighted by atomic mass is 16.2. The molecule has 0 unspecified atom stereocenters. The van der Waals surface area contributed by atoms with Gasteiger partial charge in [0.05, 0.1) is 6.54 Å². The summed E-state index contributed by atoms with van der Waals surface area (Å²) in [6.45, 7) is 10.1. The normalized spacial score (nSPS) is 11.7. The zero-order valence-corrected chi connectivity index (χ0v) is 39.8. The third-order valence-electron chi connectivity index (χ3n) is 11.5. The number of rotatable bonds is 47. The van der Waals surface area contributed by atoms with E-state index in [1.54, 1.807) is 0 Å². The van der Waals surface area contributed by atoms with Crippen LogP contribution in [0.3, 0.4) is 0 Å². The number of hydrogen-bond donors (Lipinski definition) is 4.